The van der Waals surface area contributed by atoms with Gasteiger partial charge in [-0.3, -0.25) is 4.79 Å². The Bertz CT molecular complexity index is 765. The zero-order valence-corrected chi connectivity index (χ0v) is 14.9. The van der Waals surface area contributed by atoms with Gasteiger partial charge in [-0.15, -0.1) is 0 Å². The third kappa shape index (κ3) is 5.93. The SMILES string of the molecule is CC(C)Cc1ccc(C(=O)/C=C/c2ccc(OC(C)C#N)cc2)cc1. The second-order valence-corrected chi connectivity index (χ2v) is 6.45. The minimum Gasteiger partial charge on any atom is -0.476 e. The molecule has 3 nitrogen and oxygen atoms in total. The van der Waals surface area contributed by atoms with Crippen LogP contribution >= 0.6 is 0 Å². The summed E-state index contributed by atoms with van der Waals surface area (Å²) in [5.74, 6) is 1.22. The lowest BCUT2D eigenvalue weighted by Gasteiger charge is -2.07. The third-order valence-electron chi connectivity index (χ3n) is 3.68. The van der Waals surface area contributed by atoms with Gasteiger partial charge in [-0.25, -0.2) is 0 Å². The lowest BCUT2D eigenvalue weighted by molar-refractivity contribution is 0.104. The van der Waals surface area contributed by atoms with Gasteiger partial charge >= 0.3 is 0 Å². The normalized spacial score (nSPS) is 12.1. The Kier molecular flexibility index (Phi) is 6.54. The van der Waals surface area contributed by atoms with Crippen molar-refractivity contribution >= 4 is 11.9 Å². The summed E-state index contributed by atoms with van der Waals surface area (Å²) in [5.41, 5.74) is 2.84. The van der Waals surface area contributed by atoms with Gasteiger partial charge in [0.25, 0.3) is 0 Å². The molecular formula is C22H23NO2. The quantitative estimate of drug-likeness (QED) is 0.525. The molecule has 0 aliphatic carbocycles. The molecule has 2 aromatic rings. The van der Waals surface area contributed by atoms with Gasteiger partial charge in [-0.05, 0) is 48.6 Å². The number of ether oxygens (including phenoxy) is 1. The molecule has 0 radical (unpaired) electrons. The summed E-state index contributed by atoms with van der Waals surface area (Å²) >= 11 is 0. The molecule has 2 aromatic carbocycles. The van der Waals surface area contributed by atoms with Gasteiger partial charge in [-0.2, -0.15) is 5.26 Å². The van der Waals surface area contributed by atoms with Crippen LogP contribution in [0.5, 0.6) is 5.75 Å². The van der Waals surface area contributed by atoms with Gasteiger partial charge in [0.05, 0.1) is 0 Å². The highest BCUT2D eigenvalue weighted by Crippen LogP contribution is 2.15. The van der Waals surface area contributed by atoms with Crippen molar-refractivity contribution in [2.75, 3.05) is 0 Å². The van der Waals surface area contributed by atoms with Gasteiger partial charge in [0.1, 0.15) is 11.8 Å². The van der Waals surface area contributed by atoms with Crippen LogP contribution in [0.4, 0.5) is 0 Å². The van der Waals surface area contributed by atoms with E-state index in [-0.39, 0.29) is 5.78 Å². The molecule has 0 saturated carbocycles. The molecular weight excluding hydrogens is 310 g/mol. The molecule has 0 aromatic heterocycles. The van der Waals surface area contributed by atoms with E-state index >= 15 is 0 Å². The van der Waals surface area contributed by atoms with Gasteiger partial charge in [-0.1, -0.05) is 56.3 Å². The minimum absolute atomic E-state index is 0.0190. The van der Waals surface area contributed by atoms with E-state index in [4.69, 9.17) is 10.00 Å². The summed E-state index contributed by atoms with van der Waals surface area (Å²) in [6.07, 6.45) is 3.89. The second-order valence-electron chi connectivity index (χ2n) is 6.45. The Morgan fingerprint density at radius 3 is 2.28 bits per heavy atom. The minimum atomic E-state index is -0.485. The number of allylic oxidation sites excluding steroid dienone is 1. The zero-order chi connectivity index (χ0) is 18.2. The van der Waals surface area contributed by atoms with E-state index in [1.54, 1.807) is 31.2 Å². The summed E-state index contributed by atoms with van der Waals surface area (Å²) in [6.45, 7) is 6.05. The van der Waals surface area contributed by atoms with Crippen molar-refractivity contribution in [3.63, 3.8) is 0 Å². The lowest BCUT2D eigenvalue weighted by atomic mass is 10.0. The van der Waals surface area contributed by atoms with Crippen LogP contribution in [-0.2, 0) is 6.42 Å². The van der Waals surface area contributed by atoms with Crippen molar-refractivity contribution < 1.29 is 9.53 Å². The molecule has 0 saturated heterocycles. The van der Waals surface area contributed by atoms with Crippen molar-refractivity contribution in [1.29, 1.82) is 5.26 Å². The van der Waals surface area contributed by atoms with Crippen LogP contribution in [-0.4, -0.2) is 11.9 Å². The zero-order valence-electron chi connectivity index (χ0n) is 14.9. The number of carbonyl (C=O) groups is 1. The van der Waals surface area contributed by atoms with Crippen molar-refractivity contribution in [3.8, 4) is 11.8 Å². The fourth-order valence-electron chi connectivity index (χ4n) is 2.43. The molecule has 25 heavy (non-hydrogen) atoms. The topological polar surface area (TPSA) is 50.1 Å². The molecule has 0 bridgehead atoms. The molecule has 0 amide bonds. The molecule has 2 rings (SSSR count). The molecule has 0 heterocycles. The maximum Gasteiger partial charge on any atom is 0.185 e. The summed E-state index contributed by atoms with van der Waals surface area (Å²) in [6, 6.07) is 17.1. The first-order valence-corrected chi connectivity index (χ1v) is 8.45. The number of benzene rings is 2. The predicted molar refractivity (Wildman–Crippen MR) is 100 cm³/mol. The number of carbonyl (C=O) groups excluding carboxylic acids is 1. The summed E-state index contributed by atoms with van der Waals surface area (Å²) < 4.78 is 5.40. The fourth-order valence-corrected chi connectivity index (χ4v) is 2.43. The highest BCUT2D eigenvalue weighted by Gasteiger charge is 2.04. The van der Waals surface area contributed by atoms with Gasteiger partial charge in [0, 0.05) is 5.56 Å². The van der Waals surface area contributed by atoms with E-state index in [9.17, 15) is 4.79 Å². The number of hydrogen-bond acceptors (Lipinski definition) is 3. The highest BCUT2D eigenvalue weighted by atomic mass is 16.5. The van der Waals surface area contributed by atoms with E-state index in [0.717, 1.165) is 12.0 Å². The third-order valence-corrected chi connectivity index (χ3v) is 3.68. The fraction of sp³-hybridized carbons (Fsp3) is 0.273. The number of rotatable bonds is 7. The van der Waals surface area contributed by atoms with Crippen molar-refractivity contribution in [3.05, 3.63) is 71.3 Å². The summed E-state index contributed by atoms with van der Waals surface area (Å²) in [7, 11) is 0. The standard InChI is InChI=1S/C22H23NO2/c1-16(2)14-19-4-9-20(10-5-19)22(24)13-8-18-6-11-21(12-7-18)25-17(3)15-23/h4-13,16-17H,14H2,1-3H3/b13-8+. The van der Waals surface area contributed by atoms with Crippen LogP contribution in [0.3, 0.4) is 0 Å². The van der Waals surface area contributed by atoms with Gasteiger partial charge in [0.2, 0.25) is 0 Å². The Hall–Kier alpha value is -2.86. The molecule has 1 unspecified atom stereocenters. The number of hydrogen-bond donors (Lipinski definition) is 0. The largest absolute Gasteiger partial charge is 0.476 e. The average molecular weight is 333 g/mol. The maximum atomic E-state index is 12.3. The Morgan fingerprint density at radius 2 is 1.72 bits per heavy atom. The maximum absolute atomic E-state index is 12.3. The predicted octanol–water partition coefficient (Wildman–Crippen LogP) is 5.07. The smallest absolute Gasteiger partial charge is 0.185 e. The second kappa shape index (κ2) is 8.84. The molecule has 0 aliphatic rings. The molecule has 0 aliphatic heterocycles. The summed E-state index contributed by atoms with van der Waals surface area (Å²) in [4.78, 5) is 12.3. The van der Waals surface area contributed by atoms with E-state index in [1.165, 1.54) is 5.56 Å². The van der Waals surface area contributed by atoms with Crippen molar-refractivity contribution in [2.24, 2.45) is 5.92 Å². The van der Waals surface area contributed by atoms with Crippen LogP contribution in [0.25, 0.3) is 6.08 Å². The first-order chi connectivity index (χ1) is 12.0. The molecule has 128 valence electrons. The Morgan fingerprint density at radius 1 is 1.08 bits per heavy atom. The monoisotopic (exact) mass is 333 g/mol. The van der Waals surface area contributed by atoms with Crippen LogP contribution in [0, 0.1) is 17.2 Å². The average Bonchev–Trinajstić information content (AvgIpc) is 2.61. The van der Waals surface area contributed by atoms with Crippen LogP contribution in [0.2, 0.25) is 0 Å². The molecule has 0 N–H and O–H groups in total. The Labute approximate surface area is 149 Å². The summed E-state index contributed by atoms with van der Waals surface area (Å²) in [5, 5.41) is 8.74. The lowest BCUT2D eigenvalue weighted by Crippen LogP contribution is -2.07. The first kappa shape index (κ1) is 18.5. The number of nitriles is 1. The van der Waals surface area contributed by atoms with E-state index in [2.05, 4.69) is 13.8 Å². The van der Waals surface area contributed by atoms with E-state index in [0.29, 0.717) is 17.2 Å². The first-order valence-electron chi connectivity index (χ1n) is 8.45. The van der Waals surface area contributed by atoms with Gasteiger partial charge in [0.15, 0.2) is 11.9 Å². The number of ketones is 1. The Balaban J connectivity index is 1.98. The van der Waals surface area contributed by atoms with Crippen LogP contribution < -0.4 is 4.74 Å². The number of nitrogens with zero attached hydrogens (tertiary/aromatic N) is 1. The molecule has 0 fully saturated rings. The highest BCUT2D eigenvalue weighted by molar-refractivity contribution is 6.06. The molecule has 0 spiro atoms. The van der Waals surface area contributed by atoms with E-state index < -0.39 is 6.10 Å². The van der Waals surface area contributed by atoms with E-state index in [1.807, 2.05) is 42.5 Å². The van der Waals surface area contributed by atoms with Crippen LogP contribution in [0.1, 0.15) is 42.3 Å². The van der Waals surface area contributed by atoms with Gasteiger partial charge < -0.3 is 4.74 Å². The molecule has 3 heteroatoms. The van der Waals surface area contributed by atoms with Crippen LogP contribution in [0.15, 0.2) is 54.6 Å². The molecule has 1 atom stereocenters. The van der Waals surface area contributed by atoms with Crippen molar-refractivity contribution in [2.45, 2.75) is 33.3 Å². The van der Waals surface area contributed by atoms with Crippen molar-refractivity contribution in [1.82, 2.24) is 0 Å².